The van der Waals surface area contributed by atoms with Crippen molar-refractivity contribution in [2.75, 3.05) is 11.1 Å². The van der Waals surface area contributed by atoms with Gasteiger partial charge >= 0.3 is 0 Å². The summed E-state index contributed by atoms with van der Waals surface area (Å²) in [7, 11) is 0. The van der Waals surface area contributed by atoms with Gasteiger partial charge in [0.15, 0.2) is 11.6 Å². The molecule has 0 bridgehead atoms. The van der Waals surface area contributed by atoms with Crippen molar-refractivity contribution >= 4 is 39.8 Å². The zero-order valence-electron chi connectivity index (χ0n) is 16.3. The minimum atomic E-state index is 0.292. The number of benzene rings is 2. The first kappa shape index (κ1) is 19.0. The molecule has 0 amide bonds. The van der Waals surface area contributed by atoms with E-state index in [-0.39, 0.29) is 0 Å². The van der Waals surface area contributed by atoms with Gasteiger partial charge in [-0.1, -0.05) is 48.0 Å². The van der Waals surface area contributed by atoms with Crippen LogP contribution >= 0.6 is 11.6 Å². The number of fused-ring (bicyclic) bond motifs is 1. The number of rotatable bonds is 4. The Morgan fingerprint density at radius 3 is 2.42 bits per heavy atom. The molecule has 3 N–H and O–H groups in total. The van der Waals surface area contributed by atoms with Gasteiger partial charge in [0.05, 0.1) is 33.8 Å². The van der Waals surface area contributed by atoms with E-state index in [1.54, 1.807) is 18.6 Å². The maximum Gasteiger partial charge on any atom is 0.174 e. The molecule has 0 aliphatic heterocycles. The van der Waals surface area contributed by atoms with Gasteiger partial charge in [-0.2, -0.15) is 0 Å². The highest BCUT2D eigenvalue weighted by atomic mass is 35.5. The highest BCUT2D eigenvalue weighted by molar-refractivity contribution is 6.35. The minimum Gasteiger partial charge on any atom is -0.381 e. The van der Waals surface area contributed by atoms with Crippen LogP contribution in [0, 0.1) is 0 Å². The predicted octanol–water partition coefficient (Wildman–Crippen LogP) is 5.73. The van der Waals surface area contributed by atoms with Crippen LogP contribution in [0.15, 0.2) is 85.3 Å². The van der Waals surface area contributed by atoms with Gasteiger partial charge in [-0.05, 0) is 30.3 Å². The second kappa shape index (κ2) is 8.01. The van der Waals surface area contributed by atoms with E-state index in [0.717, 1.165) is 27.7 Å². The zero-order valence-corrected chi connectivity index (χ0v) is 17.1. The van der Waals surface area contributed by atoms with E-state index < -0.39 is 0 Å². The molecule has 0 spiro atoms. The SMILES string of the molecule is Nc1nc(-c2ccccc2)c(-c2cc(Cl)c3ncccc3c2)nc1Nc1cccnc1. The van der Waals surface area contributed by atoms with Crippen LogP contribution in [0.2, 0.25) is 5.02 Å². The summed E-state index contributed by atoms with van der Waals surface area (Å²) in [6, 6.07) is 21.3. The van der Waals surface area contributed by atoms with E-state index in [1.165, 1.54) is 0 Å². The highest BCUT2D eigenvalue weighted by Crippen LogP contribution is 2.36. The van der Waals surface area contributed by atoms with Crippen LogP contribution in [0.25, 0.3) is 33.4 Å². The summed E-state index contributed by atoms with van der Waals surface area (Å²) in [6.45, 7) is 0. The van der Waals surface area contributed by atoms with Crippen molar-refractivity contribution in [3.63, 3.8) is 0 Å². The molecule has 31 heavy (non-hydrogen) atoms. The molecule has 0 aliphatic rings. The maximum absolute atomic E-state index is 6.55. The summed E-state index contributed by atoms with van der Waals surface area (Å²) < 4.78 is 0. The Hall–Kier alpha value is -4.03. The fraction of sp³-hybridized carbons (Fsp3) is 0. The van der Waals surface area contributed by atoms with E-state index in [0.29, 0.717) is 28.0 Å². The smallest absolute Gasteiger partial charge is 0.174 e. The summed E-state index contributed by atoms with van der Waals surface area (Å²) in [5.41, 5.74) is 10.9. The molecule has 6 nitrogen and oxygen atoms in total. The van der Waals surface area contributed by atoms with E-state index in [2.05, 4.69) is 15.3 Å². The summed E-state index contributed by atoms with van der Waals surface area (Å²) in [5.74, 6) is 0.741. The van der Waals surface area contributed by atoms with Gasteiger partial charge in [-0.25, -0.2) is 9.97 Å². The Morgan fingerprint density at radius 1 is 0.806 bits per heavy atom. The molecule has 2 aromatic carbocycles. The molecule has 0 fully saturated rings. The van der Waals surface area contributed by atoms with Crippen molar-refractivity contribution in [1.29, 1.82) is 0 Å². The maximum atomic E-state index is 6.55. The second-order valence-corrected chi connectivity index (χ2v) is 7.33. The monoisotopic (exact) mass is 424 g/mol. The molecule has 0 saturated carbocycles. The van der Waals surface area contributed by atoms with Crippen LogP contribution in [0.1, 0.15) is 0 Å². The molecule has 0 aliphatic carbocycles. The molecule has 3 aromatic heterocycles. The average molecular weight is 425 g/mol. The van der Waals surface area contributed by atoms with Gasteiger partial charge in [0, 0.05) is 28.9 Å². The quantitative estimate of drug-likeness (QED) is 0.382. The molecule has 5 rings (SSSR count). The third kappa shape index (κ3) is 3.76. The van der Waals surface area contributed by atoms with E-state index in [1.807, 2.05) is 66.7 Å². The van der Waals surface area contributed by atoms with Crippen LogP contribution in [0.5, 0.6) is 0 Å². The highest BCUT2D eigenvalue weighted by Gasteiger charge is 2.17. The topological polar surface area (TPSA) is 89.6 Å². The molecule has 0 atom stereocenters. The Bertz CT molecular complexity index is 1370. The second-order valence-electron chi connectivity index (χ2n) is 6.92. The normalized spacial score (nSPS) is 10.9. The third-order valence-corrected chi connectivity index (χ3v) is 5.11. The fourth-order valence-electron chi connectivity index (χ4n) is 3.40. The van der Waals surface area contributed by atoms with E-state index in [4.69, 9.17) is 27.3 Å². The number of halogens is 1. The van der Waals surface area contributed by atoms with Crippen LogP contribution in [-0.4, -0.2) is 19.9 Å². The predicted molar refractivity (Wildman–Crippen MR) is 125 cm³/mol. The first-order chi connectivity index (χ1) is 15.2. The van der Waals surface area contributed by atoms with Crippen LogP contribution in [0.4, 0.5) is 17.3 Å². The third-order valence-electron chi connectivity index (χ3n) is 4.83. The van der Waals surface area contributed by atoms with Crippen LogP contribution in [0.3, 0.4) is 0 Å². The van der Waals surface area contributed by atoms with Crippen molar-refractivity contribution in [1.82, 2.24) is 19.9 Å². The average Bonchev–Trinajstić information content (AvgIpc) is 2.81. The van der Waals surface area contributed by atoms with E-state index >= 15 is 0 Å². The zero-order chi connectivity index (χ0) is 21.2. The number of aromatic nitrogens is 4. The number of nitrogen functional groups attached to an aromatic ring is 1. The number of nitrogens with two attached hydrogens (primary N) is 1. The largest absolute Gasteiger partial charge is 0.381 e. The molecular weight excluding hydrogens is 408 g/mol. The Labute approximate surface area is 183 Å². The summed E-state index contributed by atoms with van der Waals surface area (Å²) >= 11 is 6.55. The molecule has 7 heteroatoms. The summed E-state index contributed by atoms with van der Waals surface area (Å²) in [5, 5.41) is 4.68. The Balaban J connectivity index is 1.72. The molecule has 3 heterocycles. The first-order valence-electron chi connectivity index (χ1n) is 9.64. The molecule has 0 saturated heterocycles. The standard InChI is InChI=1S/C24H17ClN6/c25-19-13-17(12-16-8-4-11-28-20(16)19)22-21(15-6-2-1-3-7-15)30-23(26)24(31-22)29-18-9-5-10-27-14-18/h1-14H,(H2,26,30)(H,29,31). The van der Waals surface area contributed by atoms with Crippen molar-refractivity contribution in [3.8, 4) is 22.5 Å². The van der Waals surface area contributed by atoms with E-state index in [9.17, 15) is 0 Å². The van der Waals surface area contributed by atoms with Gasteiger partial charge < -0.3 is 11.1 Å². The van der Waals surface area contributed by atoms with Gasteiger partial charge in [0.1, 0.15) is 0 Å². The lowest BCUT2D eigenvalue weighted by atomic mass is 10.0. The molecule has 5 aromatic rings. The first-order valence-corrected chi connectivity index (χ1v) is 10.0. The summed E-state index contributed by atoms with van der Waals surface area (Å²) in [6.07, 6.45) is 5.13. The lowest BCUT2D eigenvalue weighted by Crippen LogP contribution is -2.05. The molecular formula is C24H17ClN6. The summed E-state index contributed by atoms with van der Waals surface area (Å²) in [4.78, 5) is 18.1. The molecule has 150 valence electrons. The lowest BCUT2D eigenvalue weighted by molar-refractivity contribution is 1.21. The van der Waals surface area contributed by atoms with Crippen LogP contribution < -0.4 is 11.1 Å². The number of hydrogen-bond acceptors (Lipinski definition) is 6. The van der Waals surface area contributed by atoms with Crippen molar-refractivity contribution in [3.05, 3.63) is 90.3 Å². The number of nitrogens with one attached hydrogen (secondary N) is 1. The number of anilines is 3. The van der Waals surface area contributed by atoms with Crippen molar-refractivity contribution in [2.24, 2.45) is 0 Å². The van der Waals surface area contributed by atoms with Crippen molar-refractivity contribution in [2.45, 2.75) is 0 Å². The Morgan fingerprint density at radius 2 is 1.61 bits per heavy atom. The minimum absolute atomic E-state index is 0.292. The molecule has 0 unspecified atom stereocenters. The lowest BCUT2D eigenvalue weighted by Gasteiger charge is -2.15. The number of pyridine rings is 2. The van der Waals surface area contributed by atoms with Crippen molar-refractivity contribution < 1.29 is 0 Å². The van der Waals surface area contributed by atoms with Crippen LogP contribution in [-0.2, 0) is 0 Å². The van der Waals surface area contributed by atoms with Gasteiger partial charge in [0.2, 0.25) is 0 Å². The number of hydrogen-bond donors (Lipinski definition) is 2. The fourth-order valence-corrected chi connectivity index (χ4v) is 3.67. The molecule has 0 radical (unpaired) electrons. The van der Waals surface area contributed by atoms with Gasteiger partial charge in [-0.15, -0.1) is 0 Å². The van der Waals surface area contributed by atoms with Gasteiger partial charge in [-0.3, -0.25) is 9.97 Å². The Kier molecular flexibility index (Phi) is 4.90. The number of nitrogens with zero attached hydrogens (tertiary/aromatic N) is 4. The van der Waals surface area contributed by atoms with Gasteiger partial charge in [0.25, 0.3) is 0 Å².